The van der Waals surface area contributed by atoms with Gasteiger partial charge in [-0.2, -0.15) is 0 Å². The van der Waals surface area contributed by atoms with Crippen molar-refractivity contribution >= 4 is 33.4 Å². The lowest BCUT2D eigenvalue weighted by Crippen LogP contribution is -1.96. The number of hydrogen-bond donors (Lipinski definition) is 0. The first-order valence-electron chi connectivity index (χ1n) is 10.7. The molecule has 0 aliphatic heterocycles. The van der Waals surface area contributed by atoms with Crippen LogP contribution in [0.25, 0.3) is 49.7 Å². The molecule has 1 nitrogen and oxygen atoms in total. The molecule has 0 unspecified atom stereocenters. The average molecular weight is 430 g/mol. The van der Waals surface area contributed by atoms with Crippen LogP contribution >= 0.6 is 11.6 Å². The molecule has 1 heterocycles. The zero-order valence-corrected chi connectivity index (χ0v) is 18.1. The van der Waals surface area contributed by atoms with E-state index < -0.39 is 0 Å². The van der Waals surface area contributed by atoms with E-state index in [4.69, 9.17) is 11.6 Å². The fourth-order valence-electron chi connectivity index (χ4n) is 4.56. The normalized spacial score (nSPS) is 11.3. The maximum absolute atomic E-state index is 6.45. The van der Waals surface area contributed by atoms with Crippen LogP contribution in [0.1, 0.15) is 0 Å². The summed E-state index contributed by atoms with van der Waals surface area (Å²) < 4.78 is 2.33. The lowest BCUT2D eigenvalue weighted by Gasteiger charge is -2.14. The van der Waals surface area contributed by atoms with Gasteiger partial charge in [0.05, 0.1) is 11.0 Å². The van der Waals surface area contributed by atoms with Gasteiger partial charge in [-0.05, 0) is 58.7 Å². The van der Waals surface area contributed by atoms with Gasteiger partial charge in [0.25, 0.3) is 0 Å². The Kier molecular flexibility index (Phi) is 4.56. The lowest BCUT2D eigenvalue weighted by atomic mass is 9.98. The number of rotatable bonds is 3. The van der Waals surface area contributed by atoms with Crippen LogP contribution in [0.4, 0.5) is 0 Å². The van der Waals surface area contributed by atoms with Gasteiger partial charge >= 0.3 is 0 Å². The monoisotopic (exact) mass is 429 g/mol. The Hall–Kier alpha value is -3.81. The van der Waals surface area contributed by atoms with Gasteiger partial charge in [0, 0.05) is 21.5 Å². The molecule has 0 atom stereocenters. The van der Waals surface area contributed by atoms with Crippen LogP contribution < -0.4 is 0 Å². The molecular weight excluding hydrogens is 410 g/mol. The second-order valence-corrected chi connectivity index (χ2v) is 8.45. The van der Waals surface area contributed by atoms with Crippen LogP contribution in [0.5, 0.6) is 0 Å². The summed E-state index contributed by atoms with van der Waals surface area (Å²) in [6.45, 7) is 0. The van der Waals surface area contributed by atoms with Gasteiger partial charge in [-0.1, -0.05) is 96.5 Å². The fraction of sp³-hybridized carbons (Fsp3) is 0. The Morgan fingerprint density at radius 2 is 1.00 bits per heavy atom. The Labute approximate surface area is 192 Å². The molecule has 0 saturated carbocycles. The molecule has 32 heavy (non-hydrogen) atoms. The number of halogens is 1. The number of para-hydroxylation sites is 1. The van der Waals surface area contributed by atoms with E-state index in [-0.39, 0.29) is 0 Å². The smallest absolute Gasteiger partial charge is 0.0555 e. The number of hydrogen-bond acceptors (Lipinski definition) is 0. The molecule has 0 amide bonds. The van der Waals surface area contributed by atoms with Crippen LogP contribution in [0.15, 0.2) is 121 Å². The summed E-state index contributed by atoms with van der Waals surface area (Å²) >= 11 is 6.45. The van der Waals surface area contributed by atoms with Gasteiger partial charge in [-0.25, -0.2) is 0 Å². The lowest BCUT2D eigenvalue weighted by molar-refractivity contribution is 1.18. The number of benzene rings is 5. The van der Waals surface area contributed by atoms with E-state index in [2.05, 4.69) is 120 Å². The Morgan fingerprint density at radius 3 is 1.66 bits per heavy atom. The predicted octanol–water partition coefficient (Wildman–Crippen LogP) is 8.77. The number of nitrogens with zero attached hydrogens (tertiary/aromatic N) is 1. The largest absolute Gasteiger partial charge is 0.309 e. The van der Waals surface area contributed by atoms with Crippen molar-refractivity contribution in [3.05, 3.63) is 126 Å². The quantitative estimate of drug-likeness (QED) is 0.265. The van der Waals surface area contributed by atoms with Gasteiger partial charge < -0.3 is 4.57 Å². The summed E-state index contributed by atoms with van der Waals surface area (Å²) in [6, 6.07) is 42.6. The Morgan fingerprint density at radius 1 is 0.438 bits per heavy atom. The Bertz CT molecular complexity index is 1510. The van der Waals surface area contributed by atoms with E-state index in [1.165, 1.54) is 38.5 Å². The molecule has 0 spiro atoms. The topological polar surface area (TPSA) is 4.93 Å². The minimum absolute atomic E-state index is 0.740. The van der Waals surface area contributed by atoms with Crippen molar-refractivity contribution < 1.29 is 0 Å². The highest BCUT2D eigenvalue weighted by Gasteiger charge is 2.14. The van der Waals surface area contributed by atoms with Gasteiger partial charge in [0.1, 0.15) is 0 Å². The highest BCUT2D eigenvalue weighted by atomic mass is 35.5. The van der Waals surface area contributed by atoms with Crippen molar-refractivity contribution in [2.45, 2.75) is 0 Å². The molecule has 0 fully saturated rings. The minimum atomic E-state index is 0.740. The minimum Gasteiger partial charge on any atom is -0.309 e. The third-order valence-corrected chi connectivity index (χ3v) is 6.26. The first-order chi connectivity index (χ1) is 15.8. The summed E-state index contributed by atoms with van der Waals surface area (Å²) in [5, 5.41) is 3.17. The van der Waals surface area contributed by atoms with Gasteiger partial charge in [-0.15, -0.1) is 0 Å². The second-order valence-electron chi connectivity index (χ2n) is 8.01. The van der Waals surface area contributed by atoms with Crippen LogP contribution in [-0.4, -0.2) is 4.57 Å². The zero-order valence-electron chi connectivity index (χ0n) is 17.4. The van der Waals surface area contributed by atoms with Crippen molar-refractivity contribution in [1.29, 1.82) is 0 Å². The maximum atomic E-state index is 6.45. The van der Waals surface area contributed by atoms with E-state index in [1.54, 1.807) is 0 Å². The number of aromatic nitrogens is 1. The summed E-state index contributed by atoms with van der Waals surface area (Å²) in [6.07, 6.45) is 0. The molecule has 0 radical (unpaired) electrons. The summed E-state index contributed by atoms with van der Waals surface area (Å²) in [5.74, 6) is 0. The highest BCUT2D eigenvalue weighted by molar-refractivity contribution is 6.31. The molecule has 6 aromatic rings. The predicted molar refractivity (Wildman–Crippen MR) is 137 cm³/mol. The molecule has 0 N–H and O–H groups in total. The van der Waals surface area contributed by atoms with Crippen LogP contribution in [0, 0.1) is 0 Å². The summed E-state index contributed by atoms with van der Waals surface area (Å²) in [7, 11) is 0. The highest BCUT2D eigenvalue weighted by Crippen LogP contribution is 2.36. The first kappa shape index (κ1) is 18.9. The molecule has 0 aliphatic carbocycles. The van der Waals surface area contributed by atoms with E-state index >= 15 is 0 Å². The molecule has 6 rings (SSSR count). The molecule has 0 aliphatic rings. The molecule has 0 saturated heterocycles. The third-order valence-electron chi connectivity index (χ3n) is 6.03. The first-order valence-corrected chi connectivity index (χ1v) is 11.1. The van der Waals surface area contributed by atoms with Crippen molar-refractivity contribution in [3.8, 4) is 27.9 Å². The van der Waals surface area contributed by atoms with E-state index in [1.807, 2.05) is 6.07 Å². The van der Waals surface area contributed by atoms with Crippen LogP contribution in [0.3, 0.4) is 0 Å². The van der Waals surface area contributed by atoms with Crippen molar-refractivity contribution in [2.24, 2.45) is 0 Å². The summed E-state index contributed by atoms with van der Waals surface area (Å²) in [5.41, 5.74) is 8.19. The van der Waals surface area contributed by atoms with Gasteiger partial charge in [-0.3, -0.25) is 0 Å². The maximum Gasteiger partial charge on any atom is 0.0555 e. The zero-order chi connectivity index (χ0) is 21.5. The third kappa shape index (κ3) is 3.19. The molecule has 5 aromatic carbocycles. The molecule has 2 heteroatoms. The summed E-state index contributed by atoms with van der Waals surface area (Å²) in [4.78, 5) is 0. The van der Waals surface area contributed by atoms with Crippen molar-refractivity contribution in [1.82, 2.24) is 4.57 Å². The standard InChI is InChI=1S/C30H20ClN/c31-25-15-16-28-27-13-7-8-14-29(27)32(30(28)20-25)26-18-23(21-9-3-1-4-10-21)17-24(19-26)22-11-5-2-6-12-22/h1-20H. The SMILES string of the molecule is Clc1ccc2c3ccccc3n(-c3cc(-c4ccccc4)cc(-c4ccccc4)c3)c2c1. The van der Waals surface area contributed by atoms with Gasteiger partial charge in [0.15, 0.2) is 0 Å². The van der Waals surface area contributed by atoms with Crippen molar-refractivity contribution in [3.63, 3.8) is 0 Å². The second kappa shape index (κ2) is 7.71. The molecule has 1 aromatic heterocycles. The van der Waals surface area contributed by atoms with Crippen LogP contribution in [-0.2, 0) is 0 Å². The Balaban J connectivity index is 1.70. The van der Waals surface area contributed by atoms with Crippen molar-refractivity contribution in [2.75, 3.05) is 0 Å². The fourth-order valence-corrected chi connectivity index (χ4v) is 4.72. The molecule has 152 valence electrons. The van der Waals surface area contributed by atoms with Gasteiger partial charge in [0.2, 0.25) is 0 Å². The molecular formula is C30H20ClN. The van der Waals surface area contributed by atoms with E-state index in [9.17, 15) is 0 Å². The average Bonchev–Trinajstić information content (AvgIpc) is 3.18. The van der Waals surface area contributed by atoms with Crippen LogP contribution in [0.2, 0.25) is 5.02 Å². The van der Waals surface area contributed by atoms with E-state index in [0.717, 1.165) is 16.2 Å². The number of fused-ring (bicyclic) bond motifs is 3. The molecule has 0 bridgehead atoms. The van der Waals surface area contributed by atoms with E-state index in [0.29, 0.717) is 0 Å².